The van der Waals surface area contributed by atoms with Crippen LogP contribution in [0, 0.1) is 35.5 Å². The van der Waals surface area contributed by atoms with Crippen molar-refractivity contribution >= 4 is 18.0 Å². The molecule has 2 rings (SSSR count). The number of alkyl carbamates (subject to hydrolysis) is 1. The molecule has 1 aromatic rings. The van der Waals surface area contributed by atoms with Crippen molar-refractivity contribution in [1.29, 1.82) is 0 Å². The van der Waals surface area contributed by atoms with Crippen LogP contribution in [0.15, 0.2) is 12.3 Å². The second-order valence-electron chi connectivity index (χ2n) is 14.1. The third kappa shape index (κ3) is 14.8. The predicted molar refractivity (Wildman–Crippen MR) is 181 cm³/mol. The SMILES string of the molecule is COCCCCc1cc(C[C@H](C[C@H](NC(=O)OC(C)OC(=O)C(C)C)[C@H](O)C[C@H](C(=O)NCC2CC2)C(C)C)C(C)C)cnc1OC. The van der Waals surface area contributed by atoms with Crippen molar-refractivity contribution < 1.29 is 38.4 Å². The fraction of sp³-hybridized carbons (Fsp3) is 0.778. The van der Waals surface area contributed by atoms with E-state index in [4.69, 9.17) is 18.9 Å². The summed E-state index contributed by atoms with van der Waals surface area (Å²) in [5.74, 6) is 0.0125. The maximum Gasteiger partial charge on any atom is 0.410 e. The fourth-order valence-corrected chi connectivity index (χ4v) is 5.58. The first-order valence-electron chi connectivity index (χ1n) is 17.4. The molecule has 11 heteroatoms. The van der Waals surface area contributed by atoms with E-state index in [-0.39, 0.29) is 36.0 Å². The van der Waals surface area contributed by atoms with Gasteiger partial charge in [0.25, 0.3) is 0 Å². The van der Waals surface area contributed by atoms with Gasteiger partial charge in [-0.3, -0.25) is 9.59 Å². The second kappa shape index (κ2) is 20.4. The molecule has 1 fully saturated rings. The Kier molecular flexibility index (Phi) is 17.5. The molecule has 0 spiro atoms. The number of amides is 2. The van der Waals surface area contributed by atoms with E-state index in [1.807, 2.05) is 20.0 Å². The highest BCUT2D eigenvalue weighted by Crippen LogP contribution is 2.30. The summed E-state index contributed by atoms with van der Waals surface area (Å²) in [6.07, 6.45) is 5.11. The zero-order valence-corrected chi connectivity index (χ0v) is 30.2. The van der Waals surface area contributed by atoms with Crippen LogP contribution < -0.4 is 15.4 Å². The number of nitrogens with zero attached hydrogens (tertiary/aromatic N) is 1. The van der Waals surface area contributed by atoms with E-state index in [1.54, 1.807) is 28.1 Å². The molecule has 0 bridgehead atoms. The van der Waals surface area contributed by atoms with Gasteiger partial charge < -0.3 is 34.7 Å². The summed E-state index contributed by atoms with van der Waals surface area (Å²) < 4.78 is 21.3. The molecule has 1 unspecified atom stereocenters. The zero-order valence-electron chi connectivity index (χ0n) is 30.2. The number of methoxy groups -OCH3 is 2. The van der Waals surface area contributed by atoms with Crippen LogP contribution in [-0.4, -0.2) is 73.9 Å². The van der Waals surface area contributed by atoms with Gasteiger partial charge in [0, 0.05) is 44.9 Å². The van der Waals surface area contributed by atoms with Crippen LogP contribution in [0.3, 0.4) is 0 Å². The minimum absolute atomic E-state index is 0.0134. The number of hydrogen-bond donors (Lipinski definition) is 3. The first kappa shape index (κ1) is 40.3. The number of esters is 1. The number of nitrogens with one attached hydrogen (secondary N) is 2. The smallest absolute Gasteiger partial charge is 0.410 e. The molecule has 47 heavy (non-hydrogen) atoms. The van der Waals surface area contributed by atoms with Crippen LogP contribution in [0.1, 0.15) is 98.1 Å². The molecule has 0 saturated heterocycles. The summed E-state index contributed by atoms with van der Waals surface area (Å²) in [6.45, 7) is 14.4. The number of carbonyl (C=O) groups excluding carboxylic acids is 3. The van der Waals surface area contributed by atoms with Crippen molar-refractivity contribution in [3.63, 3.8) is 0 Å². The first-order valence-corrected chi connectivity index (χ1v) is 17.4. The molecular weight excluding hydrogens is 602 g/mol. The Bertz CT molecular complexity index is 1110. The van der Waals surface area contributed by atoms with E-state index in [0.717, 1.165) is 43.2 Å². The number of aliphatic hydroxyl groups is 1. The molecule has 1 aromatic heterocycles. The molecular formula is C36H61N3O8. The Morgan fingerprint density at radius 3 is 2.26 bits per heavy atom. The lowest BCUT2D eigenvalue weighted by molar-refractivity contribution is -0.168. The van der Waals surface area contributed by atoms with E-state index in [0.29, 0.717) is 37.8 Å². The molecule has 0 radical (unpaired) electrons. The van der Waals surface area contributed by atoms with Crippen LogP contribution in [-0.2, 0) is 36.6 Å². The summed E-state index contributed by atoms with van der Waals surface area (Å²) in [6, 6.07) is 1.41. The Balaban J connectivity index is 2.26. The lowest BCUT2D eigenvalue weighted by Gasteiger charge is -2.32. The van der Waals surface area contributed by atoms with Crippen molar-refractivity contribution in [2.24, 2.45) is 35.5 Å². The molecule has 1 heterocycles. The Labute approximate surface area is 282 Å². The van der Waals surface area contributed by atoms with Gasteiger partial charge in [-0.25, -0.2) is 9.78 Å². The number of pyridine rings is 1. The molecule has 268 valence electrons. The molecule has 3 N–H and O–H groups in total. The topological polar surface area (TPSA) is 145 Å². The molecule has 2 amide bonds. The number of hydrogen-bond acceptors (Lipinski definition) is 9. The monoisotopic (exact) mass is 663 g/mol. The number of aromatic nitrogens is 1. The number of rotatable bonds is 22. The molecule has 0 aromatic carbocycles. The maximum atomic E-state index is 13.2. The van der Waals surface area contributed by atoms with Crippen molar-refractivity contribution in [2.45, 2.75) is 118 Å². The standard InChI is InChI=1S/C36H61N3O8/c1-22(2)29(17-27-16-28(12-10-11-15-44-8)34(45-9)38-21-27)18-31(39-36(43)47-25(7)46-35(42)24(5)6)32(40)19-30(23(3)4)33(41)37-20-26-13-14-26/h16,21-26,29-32,40H,10-15,17-20H2,1-9H3,(H,37,41)(H,39,43)/t25?,29-,30+,31+,32-/m1/s1. The molecule has 5 atom stereocenters. The minimum Gasteiger partial charge on any atom is -0.481 e. The van der Waals surface area contributed by atoms with Gasteiger partial charge in [-0.2, -0.15) is 0 Å². The van der Waals surface area contributed by atoms with Gasteiger partial charge in [-0.15, -0.1) is 0 Å². The maximum absolute atomic E-state index is 13.2. The summed E-state index contributed by atoms with van der Waals surface area (Å²) in [4.78, 5) is 42.8. The summed E-state index contributed by atoms with van der Waals surface area (Å²) in [7, 11) is 3.32. The number of carbonyl (C=O) groups is 3. The van der Waals surface area contributed by atoms with Crippen LogP contribution in [0.25, 0.3) is 0 Å². The third-order valence-corrected chi connectivity index (χ3v) is 8.91. The minimum atomic E-state index is -1.10. The van der Waals surface area contributed by atoms with Crippen LogP contribution in [0.5, 0.6) is 5.88 Å². The first-order chi connectivity index (χ1) is 22.2. The Hall–Kier alpha value is -2.92. The van der Waals surface area contributed by atoms with E-state index in [9.17, 15) is 19.5 Å². The van der Waals surface area contributed by atoms with Crippen LogP contribution in [0.2, 0.25) is 0 Å². The summed E-state index contributed by atoms with van der Waals surface area (Å²) in [5, 5.41) is 17.6. The molecule has 1 aliphatic rings. The quantitative estimate of drug-likeness (QED) is 0.0837. The molecule has 1 aliphatic carbocycles. The summed E-state index contributed by atoms with van der Waals surface area (Å²) >= 11 is 0. The average Bonchev–Trinajstić information content (AvgIpc) is 3.84. The van der Waals surface area contributed by atoms with Gasteiger partial charge in [0.2, 0.25) is 18.1 Å². The lowest BCUT2D eigenvalue weighted by Crippen LogP contribution is -2.48. The highest BCUT2D eigenvalue weighted by molar-refractivity contribution is 5.79. The number of ether oxygens (including phenoxy) is 4. The lowest BCUT2D eigenvalue weighted by atomic mass is 9.80. The van der Waals surface area contributed by atoms with Gasteiger partial charge in [-0.1, -0.05) is 41.5 Å². The average molecular weight is 664 g/mol. The highest BCUT2D eigenvalue weighted by atomic mass is 16.7. The number of aliphatic hydroxyl groups excluding tert-OH is 1. The van der Waals surface area contributed by atoms with Crippen molar-refractivity contribution in [1.82, 2.24) is 15.6 Å². The Morgan fingerprint density at radius 2 is 1.68 bits per heavy atom. The van der Waals surface area contributed by atoms with Crippen molar-refractivity contribution in [2.75, 3.05) is 27.4 Å². The van der Waals surface area contributed by atoms with Gasteiger partial charge in [0.1, 0.15) is 0 Å². The van der Waals surface area contributed by atoms with E-state index in [1.165, 1.54) is 6.92 Å². The molecule has 1 saturated carbocycles. The van der Waals surface area contributed by atoms with Crippen LogP contribution >= 0.6 is 0 Å². The zero-order chi connectivity index (χ0) is 35.1. The van der Waals surface area contributed by atoms with E-state index in [2.05, 4.69) is 35.5 Å². The summed E-state index contributed by atoms with van der Waals surface area (Å²) in [5.41, 5.74) is 2.07. The van der Waals surface area contributed by atoms with Gasteiger partial charge in [-0.05, 0) is 86.7 Å². The fourth-order valence-electron chi connectivity index (χ4n) is 5.58. The molecule has 11 nitrogen and oxygen atoms in total. The normalized spacial score (nSPS) is 16.4. The van der Waals surface area contributed by atoms with Gasteiger partial charge in [0.05, 0.1) is 25.2 Å². The third-order valence-electron chi connectivity index (χ3n) is 8.91. The highest BCUT2D eigenvalue weighted by Gasteiger charge is 2.34. The number of unbranched alkanes of at least 4 members (excludes halogenated alkanes) is 1. The van der Waals surface area contributed by atoms with Crippen molar-refractivity contribution in [3.05, 3.63) is 23.4 Å². The van der Waals surface area contributed by atoms with Crippen LogP contribution in [0.4, 0.5) is 4.79 Å². The number of aryl methyl sites for hydroxylation is 1. The van der Waals surface area contributed by atoms with E-state index < -0.39 is 36.4 Å². The van der Waals surface area contributed by atoms with Gasteiger partial charge >= 0.3 is 12.1 Å². The van der Waals surface area contributed by atoms with Gasteiger partial charge in [0.15, 0.2) is 0 Å². The Morgan fingerprint density at radius 1 is 0.979 bits per heavy atom. The van der Waals surface area contributed by atoms with E-state index >= 15 is 0 Å². The largest absolute Gasteiger partial charge is 0.481 e. The second-order valence-corrected chi connectivity index (χ2v) is 14.1. The van der Waals surface area contributed by atoms with Crippen molar-refractivity contribution in [3.8, 4) is 5.88 Å². The predicted octanol–water partition coefficient (Wildman–Crippen LogP) is 5.45. The molecule has 0 aliphatic heterocycles.